The van der Waals surface area contributed by atoms with Crippen LogP contribution in [0.25, 0.3) is 5.57 Å². The van der Waals surface area contributed by atoms with Crippen LogP contribution in [0.4, 0.5) is 5.69 Å². The molecule has 31 heavy (non-hydrogen) atoms. The number of fused-ring (bicyclic) bond motifs is 1. The summed E-state index contributed by atoms with van der Waals surface area (Å²) in [6, 6.07) is 6.41. The standard InChI is InChI=1S/C20H24N4.C6H10O/c1-4-14-8-9-22-19(10-14)24-20-12-17-11-16(6-7-18(17)23-20)15(5-2)13-21-3;1-6-2-4-7-5-3-6/h5-7,10-11,13,21H,2,4,8-9,12H2,1,3H3,(H,22,23,24);1-5H2/b15-13+;. The zero-order valence-electron chi connectivity index (χ0n) is 18.8. The highest BCUT2D eigenvalue weighted by atomic mass is 16.5. The van der Waals surface area contributed by atoms with E-state index in [2.05, 4.69) is 60.0 Å². The first-order valence-corrected chi connectivity index (χ1v) is 11.1. The summed E-state index contributed by atoms with van der Waals surface area (Å²) in [4.78, 5) is 9.23. The van der Waals surface area contributed by atoms with E-state index in [4.69, 9.17) is 9.73 Å². The SMILES string of the molecule is C=C/C(=C\NC)c1ccc2c(c1)CC(=NC1=NCCC(CC)=C1)N2.C=C1CCOCC1. The van der Waals surface area contributed by atoms with E-state index < -0.39 is 0 Å². The lowest BCUT2D eigenvalue weighted by Gasteiger charge is -2.11. The Kier molecular flexibility index (Phi) is 8.42. The largest absolute Gasteiger partial charge is 0.393 e. The van der Waals surface area contributed by atoms with Crippen molar-refractivity contribution in [2.24, 2.45) is 9.98 Å². The van der Waals surface area contributed by atoms with Crippen LogP contribution in [0.15, 0.2) is 70.8 Å². The Morgan fingerprint density at radius 2 is 2.10 bits per heavy atom. The van der Waals surface area contributed by atoms with E-state index in [0.717, 1.165) is 80.4 Å². The molecule has 3 aliphatic rings. The average molecular weight is 419 g/mol. The Bertz CT molecular complexity index is 929. The number of dihydropyridines is 1. The minimum Gasteiger partial charge on any atom is -0.393 e. The normalized spacial score (nSPS) is 19.5. The van der Waals surface area contributed by atoms with Gasteiger partial charge in [0.05, 0.1) is 13.2 Å². The number of allylic oxidation sites excluding steroid dienone is 2. The van der Waals surface area contributed by atoms with Gasteiger partial charge in [-0.15, -0.1) is 0 Å². The molecule has 3 heterocycles. The van der Waals surface area contributed by atoms with Gasteiger partial charge in [-0.3, -0.25) is 4.99 Å². The second-order valence-electron chi connectivity index (χ2n) is 7.83. The van der Waals surface area contributed by atoms with E-state index in [0.29, 0.717) is 0 Å². The number of aliphatic imine (C=N–C) groups is 2. The van der Waals surface area contributed by atoms with E-state index in [1.165, 1.54) is 16.7 Å². The fourth-order valence-electron chi connectivity index (χ4n) is 3.66. The Hall–Kier alpha value is -2.92. The second kappa shape index (κ2) is 11.5. The molecule has 4 rings (SSSR count). The van der Waals surface area contributed by atoms with Crippen LogP contribution in [0.3, 0.4) is 0 Å². The van der Waals surface area contributed by atoms with Crippen LogP contribution in [0.5, 0.6) is 0 Å². The molecule has 0 spiro atoms. The summed E-state index contributed by atoms with van der Waals surface area (Å²) in [5.41, 5.74) is 7.39. The summed E-state index contributed by atoms with van der Waals surface area (Å²) >= 11 is 0. The van der Waals surface area contributed by atoms with Crippen molar-refractivity contribution >= 4 is 22.9 Å². The quantitative estimate of drug-likeness (QED) is 0.516. The Morgan fingerprint density at radius 1 is 1.29 bits per heavy atom. The molecule has 1 fully saturated rings. The summed E-state index contributed by atoms with van der Waals surface area (Å²) in [5.74, 6) is 1.81. The Morgan fingerprint density at radius 3 is 2.74 bits per heavy atom. The number of rotatable bonds is 4. The molecule has 0 radical (unpaired) electrons. The maximum atomic E-state index is 5.08. The van der Waals surface area contributed by atoms with Gasteiger partial charge in [-0.25, -0.2) is 4.99 Å². The Labute approximate surface area is 186 Å². The smallest absolute Gasteiger partial charge is 0.149 e. The highest BCUT2D eigenvalue weighted by Crippen LogP contribution is 2.28. The number of nitrogens with one attached hydrogen (secondary N) is 2. The van der Waals surface area contributed by atoms with Gasteiger partial charge >= 0.3 is 0 Å². The van der Waals surface area contributed by atoms with Crippen molar-refractivity contribution < 1.29 is 4.74 Å². The number of ether oxygens (including phenoxy) is 1. The van der Waals surface area contributed by atoms with Crippen molar-refractivity contribution in [1.29, 1.82) is 0 Å². The fraction of sp³-hybridized carbons (Fsp3) is 0.385. The molecule has 0 amide bonds. The number of benzene rings is 1. The highest BCUT2D eigenvalue weighted by Gasteiger charge is 2.18. The van der Waals surface area contributed by atoms with E-state index in [-0.39, 0.29) is 0 Å². The van der Waals surface area contributed by atoms with Crippen molar-refractivity contribution in [2.75, 3.05) is 32.1 Å². The van der Waals surface area contributed by atoms with Crippen molar-refractivity contribution in [3.05, 3.63) is 72.0 Å². The number of anilines is 1. The lowest BCUT2D eigenvalue weighted by Crippen LogP contribution is -2.11. The molecule has 0 bridgehead atoms. The zero-order valence-corrected chi connectivity index (χ0v) is 18.8. The van der Waals surface area contributed by atoms with Crippen LogP contribution in [-0.4, -0.2) is 38.5 Å². The van der Waals surface area contributed by atoms with Crippen molar-refractivity contribution in [3.63, 3.8) is 0 Å². The molecule has 0 aromatic heterocycles. The summed E-state index contributed by atoms with van der Waals surface area (Å²) in [7, 11) is 1.89. The van der Waals surface area contributed by atoms with Crippen LogP contribution >= 0.6 is 0 Å². The molecule has 2 N–H and O–H groups in total. The minimum absolute atomic E-state index is 0.807. The first-order chi connectivity index (χ1) is 15.1. The van der Waals surface area contributed by atoms with Gasteiger partial charge in [-0.2, -0.15) is 0 Å². The molecule has 0 aliphatic carbocycles. The van der Waals surface area contributed by atoms with Crippen LogP contribution in [0.2, 0.25) is 0 Å². The van der Waals surface area contributed by atoms with Crippen molar-refractivity contribution in [1.82, 2.24) is 5.32 Å². The topological polar surface area (TPSA) is 58.0 Å². The third-order valence-corrected chi connectivity index (χ3v) is 5.54. The van der Waals surface area contributed by atoms with Gasteiger partial charge in [0.15, 0.2) is 0 Å². The summed E-state index contributed by atoms with van der Waals surface area (Å²) in [6.07, 6.45) is 11.0. The fourth-order valence-corrected chi connectivity index (χ4v) is 3.66. The van der Waals surface area contributed by atoms with Crippen LogP contribution < -0.4 is 10.6 Å². The van der Waals surface area contributed by atoms with Crippen molar-refractivity contribution in [2.45, 2.75) is 39.0 Å². The molecule has 5 heteroatoms. The van der Waals surface area contributed by atoms with Gasteiger partial charge in [-0.05, 0) is 60.6 Å². The zero-order chi connectivity index (χ0) is 22.1. The molecule has 3 aliphatic heterocycles. The number of hydrogen-bond donors (Lipinski definition) is 2. The van der Waals surface area contributed by atoms with E-state index in [9.17, 15) is 0 Å². The van der Waals surface area contributed by atoms with Gasteiger partial charge < -0.3 is 15.4 Å². The summed E-state index contributed by atoms with van der Waals surface area (Å²) < 4.78 is 5.08. The first kappa shape index (κ1) is 22.8. The third kappa shape index (κ3) is 6.53. The molecule has 0 atom stereocenters. The Balaban J connectivity index is 0.000000330. The molecule has 5 nitrogen and oxygen atoms in total. The van der Waals surface area contributed by atoms with E-state index in [1.54, 1.807) is 0 Å². The third-order valence-electron chi connectivity index (χ3n) is 5.54. The predicted octanol–water partition coefficient (Wildman–Crippen LogP) is 5.29. The summed E-state index contributed by atoms with van der Waals surface area (Å²) in [6.45, 7) is 12.5. The average Bonchev–Trinajstić information content (AvgIpc) is 3.20. The van der Waals surface area contributed by atoms with Crippen LogP contribution in [-0.2, 0) is 11.2 Å². The van der Waals surface area contributed by atoms with E-state index in [1.807, 2.05) is 19.3 Å². The maximum absolute atomic E-state index is 5.08. The monoisotopic (exact) mass is 418 g/mol. The van der Waals surface area contributed by atoms with Crippen molar-refractivity contribution in [3.8, 4) is 0 Å². The molecule has 1 saturated heterocycles. The molecule has 0 saturated carbocycles. The molecule has 0 unspecified atom stereocenters. The van der Waals surface area contributed by atoms with Gasteiger partial charge in [0.2, 0.25) is 0 Å². The minimum atomic E-state index is 0.807. The van der Waals surface area contributed by atoms with Gasteiger partial charge in [0, 0.05) is 31.9 Å². The number of amidine groups is 2. The van der Waals surface area contributed by atoms with Crippen LogP contribution in [0.1, 0.15) is 43.7 Å². The molecule has 1 aromatic carbocycles. The number of hydrogen-bond acceptors (Lipinski definition) is 4. The van der Waals surface area contributed by atoms with Gasteiger partial charge in [-0.1, -0.05) is 43.4 Å². The van der Waals surface area contributed by atoms with E-state index >= 15 is 0 Å². The lowest BCUT2D eigenvalue weighted by atomic mass is 10.0. The van der Waals surface area contributed by atoms with Crippen LogP contribution in [0, 0.1) is 0 Å². The second-order valence-corrected chi connectivity index (χ2v) is 7.83. The molecule has 1 aromatic rings. The lowest BCUT2D eigenvalue weighted by molar-refractivity contribution is 0.119. The molecular formula is C26H34N4O. The van der Waals surface area contributed by atoms with Gasteiger partial charge in [0.25, 0.3) is 0 Å². The maximum Gasteiger partial charge on any atom is 0.149 e. The van der Waals surface area contributed by atoms with Gasteiger partial charge in [0.1, 0.15) is 11.7 Å². The molecule has 164 valence electrons. The summed E-state index contributed by atoms with van der Waals surface area (Å²) in [5, 5.41) is 6.47. The predicted molar refractivity (Wildman–Crippen MR) is 133 cm³/mol. The molecular weight excluding hydrogens is 384 g/mol. The first-order valence-electron chi connectivity index (χ1n) is 11.1. The number of nitrogens with zero attached hydrogens (tertiary/aromatic N) is 2. The highest BCUT2D eigenvalue weighted by molar-refractivity contribution is 6.11.